The molecule has 0 unspecified atom stereocenters. The second kappa shape index (κ2) is 7.05. The van der Waals surface area contributed by atoms with Crippen LogP contribution in [-0.4, -0.2) is 41.4 Å². The molecule has 2 heterocycles. The van der Waals surface area contributed by atoms with E-state index in [0.717, 1.165) is 10.5 Å². The van der Waals surface area contributed by atoms with Crippen molar-refractivity contribution >= 4 is 40.7 Å². The van der Waals surface area contributed by atoms with Crippen molar-refractivity contribution in [2.45, 2.75) is 19.0 Å². The molecule has 0 radical (unpaired) electrons. The Balaban J connectivity index is 1.49. The summed E-state index contributed by atoms with van der Waals surface area (Å²) in [6, 6.07) is 12.0. The molecule has 4 rings (SSSR count). The first-order valence-corrected chi connectivity index (χ1v) is 9.00. The fourth-order valence-electron chi connectivity index (χ4n) is 3.20. The molecule has 9 heteroatoms. The van der Waals surface area contributed by atoms with Crippen molar-refractivity contribution < 1.29 is 14.4 Å². The molecule has 1 saturated heterocycles. The van der Waals surface area contributed by atoms with Gasteiger partial charge in [-0.3, -0.25) is 19.4 Å². The molecule has 8 nitrogen and oxygen atoms in total. The monoisotopic (exact) mass is 397 g/mol. The van der Waals surface area contributed by atoms with Gasteiger partial charge in [0.25, 0.3) is 11.8 Å². The van der Waals surface area contributed by atoms with E-state index in [0.29, 0.717) is 16.4 Å². The minimum Gasteiger partial charge on any atom is -0.323 e. The topological polar surface area (TPSA) is 94.4 Å². The molecule has 0 spiro atoms. The third kappa shape index (κ3) is 3.11. The standard InChI is InChI=1S/C19H16ClN5O3/c1-11-6-8-12(9-7-11)25-18(27)16-17(19(25)28)24(23-22-16)10-15(26)21-14-5-3-2-4-13(14)20/h2-9,16-17H,10H2,1H3,(H,21,26)/t16-,17+/m1/s1. The zero-order valence-electron chi connectivity index (χ0n) is 14.9. The lowest BCUT2D eigenvalue weighted by molar-refractivity contribution is -0.123. The number of para-hydroxylation sites is 1. The molecule has 2 aromatic carbocycles. The van der Waals surface area contributed by atoms with Crippen LogP contribution in [0.25, 0.3) is 0 Å². The van der Waals surface area contributed by atoms with Gasteiger partial charge in [-0.15, -0.1) is 0 Å². The third-order valence-corrected chi connectivity index (χ3v) is 4.93. The van der Waals surface area contributed by atoms with Gasteiger partial charge in [-0.05, 0) is 31.2 Å². The first kappa shape index (κ1) is 18.1. The van der Waals surface area contributed by atoms with E-state index in [1.807, 2.05) is 19.1 Å². The molecule has 2 aromatic rings. The van der Waals surface area contributed by atoms with Gasteiger partial charge < -0.3 is 5.32 Å². The third-order valence-electron chi connectivity index (χ3n) is 4.60. The Morgan fingerprint density at radius 1 is 1.11 bits per heavy atom. The Morgan fingerprint density at radius 2 is 1.82 bits per heavy atom. The van der Waals surface area contributed by atoms with Crippen LogP contribution in [0.15, 0.2) is 58.9 Å². The van der Waals surface area contributed by atoms with E-state index in [1.165, 1.54) is 5.01 Å². The molecule has 142 valence electrons. The van der Waals surface area contributed by atoms with Gasteiger partial charge in [0.1, 0.15) is 6.54 Å². The van der Waals surface area contributed by atoms with Crippen molar-refractivity contribution in [3.8, 4) is 0 Å². The highest BCUT2D eigenvalue weighted by molar-refractivity contribution is 6.33. The van der Waals surface area contributed by atoms with Crippen LogP contribution in [0.3, 0.4) is 0 Å². The summed E-state index contributed by atoms with van der Waals surface area (Å²) >= 11 is 6.04. The summed E-state index contributed by atoms with van der Waals surface area (Å²) in [5.74, 6) is -1.31. The maximum atomic E-state index is 12.9. The summed E-state index contributed by atoms with van der Waals surface area (Å²) < 4.78 is 0. The van der Waals surface area contributed by atoms with Crippen molar-refractivity contribution in [3.63, 3.8) is 0 Å². The number of amides is 3. The smallest absolute Gasteiger partial charge is 0.263 e. The number of halogens is 1. The fraction of sp³-hybridized carbons (Fsp3) is 0.211. The van der Waals surface area contributed by atoms with Crippen LogP contribution in [0.2, 0.25) is 5.02 Å². The van der Waals surface area contributed by atoms with Crippen molar-refractivity contribution in [1.29, 1.82) is 0 Å². The van der Waals surface area contributed by atoms with Crippen LogP contribution in [-0.2, 0) is 14.4 Å². The highest BCUT2D eigenvalue weighted by atomic mass is 35.5. The number of carbonyl (C=O) groups excluding carboxylic acids is 3. The predicted octanol–water partition coefficient (Wildman–Crippen LogP) is 2.58. The predicted molar refractivity (Wildman–Crippen MR) is 103 cm³/mol. The maximum Gasteiger partial charge on any atom is 0.263 e. The lowest BCUT2D eigenvalue weighted by Gasteiger charge is -2.20. The normalized spacial score (nSPS) is 20.6. The summed E-state index contributed by atoms with van der Waals surface area (Å²) in [5, 5.41) is 12.1. The highest BCUT2D eigenvalue weighted by Gasteiger charge is 2.55. The molecule has 2 atom stereocenters. The number of aryl methyl sites for hydroxylation is 1. The molecule has 1 N–H and O–H groups in total. The minimum absolute atomic E-state index is 0.226. The number of hydrogen-bond acceptors (Lipinski definition) is 6. The SMILES string of the molecule is Cc1ccc(N2C(=O)[C@@H]3[C@@H](N=NN3CC(=O)Nc3ccccc3Cl)C2=O)cc1. The van der Waals surface area contributed by atoms with Crippen molar-refractivity contribution in [2.24, 2.45) is 10.3 Å². The van der Waals surface area contributed by atoms with Crippen LogP contribution in [0.4, 0.5) is 11.4 Å². The van der Waals surface area contributed by atoms with Crippen LogP contribution in [0.1, 0.15) is 5.56 Å². The molecule has 2 aliphatic rings. The van der Waals surface area contributed by atoms with Gasteiger partial charge in [0.05, 0.1) is 16.4 Å². The molecule has 1 fully saturated rings. The molecule has 0 bridgehead atoms. The number of nitrogens with zero attached hydrogens (tertiary/aromatic N) is 4. The second-order valence-corrected chi connectivity index (χ2v) is 6.97. The van der Waals surface area contributed by atoms with Crippen LogP contribution in [0, 0.1) is 6.92 Å². The van der Waals surface area contributed by atoms with E-state index in [1.54, 1.807) is 36.4 Å². The number of benzene rings is 2. The molecule has 0 saturated carbocycles. The molecule has 0 aliphatic carbocycles. The lowest BCUT2D eigenvalue weighted by Crippen LogP contribution is -2.43. The summed E-state index contributed by atoms with van der Waals surface area (Å²) in [6.45, 7) is 1.69. The number of hydrogen-bond donors (Lipinski definition) is 1. The lowest BCUT2D eigenvalue weighted by atomic mass is 10.1. The molecule has 3 amide bonds. The second-order valence-electron chi connectivity index (χ2n) is 6.57. The number of anilines is 2. The number of imide groups is 1. The van der Waals surface area contributed by atoms with Gasteiger partial charge in [-0.2, -0.15) is 5.11 Å². The van der Waals surface area contributed by atoms with Gasteiger partial charge in [-0.1, -0.05) is 46.7 Å². The fourth-order valence-corrected chi connectivity index (χ4v) is 3.38. The van der Waals surface area contributed by atoms with Gasteiger partial charge in [0.2, 0.25) is 5.91 Å². The Morgan fingerprint density at radius 3 is 2.54 bits per heavy atom. The molecular formula is C19H16ClN5O3. The molecular weight excluding hydrogens is 382 g/mol. The van der Waals surface area contributed by atoms with E-state index >= 15 is 0 Å². The summed E-state index contributed by atoms with van der Waals surface area (Å²) in [4.78, 5) is 39.0. The Kier molecular flexibility index (Phi) is 4.56. The Labute approximate surface area is 165 Å². The summed E-state index contributed by atoms with van der Waals surface area (Å²) in [5.41, 5.74) is 1.95. The molecule has 0 aromatic heterocycles. The number of nitrogens with one attached hydrogen (secondary N) is 1. The van der Waals surface area contributed by atoms with E-state index in [9.17, 15) is 14.4 Å². The zero-order valence-corrected chi connectivity index (χ0v) is 15.6. The first-order valence-electron chi connectivity index (χ1n) is 8.62. The summed E-state index contributed by atoms with van der Waals surface area (Å²) in [6.07, 6.45) is 0. The van der Waals surface area contributed by atoms with Crippen LogP contribution >= 0.6 is 11.6 Å². The average molecular weight is 398 g/mol. The average Bonchev–Trinajstić information content (AvgIpc) is 3.18. The van der Waals surface area contributed by atoms with Gasteiger partial charge in [0, 0.05) is 0 Å². The van der Waals surface area contributed by atoms with E-state index in [4.69, 9.17) is 11.6 Å². The Hall–Kier alpha value is -3.26. The van der Waals surface area contributed by atoms with Crippen molar-refractivity contribution in [1.82, 2.24) is 5.01 Å². The van der Waals surface area contributed by atoms with E-state index in [2.05, 4.69) is 15.7 Å². The summed E-state index contributed by atoms with van der Waals surface area (Å²) in [7, 11) is 0. The minimum atomic E-state index is -0.943. The van der Waals surface area contributed by atoms with Gasteiger partial charge >= 0.3 is 0 Å². The zero-order chi connectivity index (χ0) is 19.8. The maximum absolute atomic E-state index is 12.9. The largest absolute Gasteiger partial charge is 0.323 e. The quantitative estimate of drug-likeness (QED) is 0.802. The van der Waals surface area contributed by atoms with Crippen LogP contribution in [0.5, 0.6) is 0 Å². The van der Waals surface area contributed by atoms with Gasteiger partial charge in [-0.25, -0.2) is 4.90 Å². The Bertz CT molecular complexity index is 991. The molecule has 2 aliphatic heterocycles. The van der Waals surface area contributed by atoms with Crippen molar-refractivity contribution in [2.75, 3.05) is 16.8 Å². The van der Waals surface area contributed by atoms with E-state index in [-0.39, 0.29) is 6.54 Å². The van der Waals surface area contributed by atoms with Gasteiger partial charge in [0.15, 0.2) is 12.1 Å². The molecule has 28 heavy (non-hydrogen) atoms. The number of carbonyl (C=O) groups is 3. The number of rotatable bonds is 4. The number of fused-ring (bicyclic) bond motifs is 1. The van der Waals surface area contributed by atoms with Crippen LogP contribution < -0.4 is 10.2 Å². The van der Waals surface area contributed by atoms with E-state index < -0.39 is 29.8 Å². The first-order chi connectivity index (χ1) is 13.5. The van der Waals surface area contributed by atoms with Crippen molar-refractivity contribution in [3.05, 3.63) is 59.1 Å². The highest BCUT2D eigenvalue weighted by Crippen LogP contribution is 2.32.